The van der Waals surface area contributed by atoms with Crippen LogP contribution < -0.4 is 5.32 Å². The second-order valence-electron chi connectivity index (χ2n) is 5.25. The second kappa shape index (κ2) is 7.23. The van der Waals surface area contributed by atoms with Crippen molar-refractivity contribution in [2.45, 2.75) is 24.3 Å². The molecule has 1 atom stereocenters. The Hall–Kier alpha value is -0.410. The molecule has 8 heteroatoms. The van der Waals surface area contributed by atoms with Crippen LogP contribution in [-0.4, -0.2) is 46.6 Å². The molecule has 0 amide bonds. The number of halogens is 1. The van der Waals surface area contributed by atoms with Gasteiger partial charge in [-0.2, -0.15) is 0 Å². The summed E-state index contributed by atoms with van der Waals surface area (Å²) < 4.78 is 37.7. The van der Waals surface area contributed by atoms with Crippen LogP contribution >= 0.6 is 15.9 Å². The number of rotatable bonds is 6. The monoisotopic (exact) mass is 380 g/mol. The molecule has 1 saturated heterocycles. The van der Waals surface area contributed by atoms with Gasteiger partial charge in [-0.3, -0.25) is 0 Å². The molecule has 1 N–H and O–H groups in total. The van der Waals surface area contributed by atoms with E-state index in [1.165, 1.54) is 4.31 Å². The van der Waals surface area contributed by atoms with Gasteiger partial charge in [-0.1, -0.05) is 0 Å². The van der Waals surface area contributed by atoms with Gasteiger partial charge in [-0.15, -0.1) is 0 Å². The zero-order valence-corrected chi connectivity index (χ0v) is 14.7. The molecule has 1 aromatic rings. The zero-order valence-electron chi connectivity index (χ0n) is 12.3. The van der Waals surface area contributed by atoms with Gasteiger partial charge in [0.15, 0.2) is 4.67 Å². The Labute approximate surface area is 134 Å². The zero-order chi connectivity index (χ0) is 15.5. The van der Waals surface area contributed by atoms with Gasteiger partial charge < -0.3 is 14.5 Å². The van der Waals surface area contributed by atoms with Crippen molar-refractivity contribution in [3.63, 3.8) is 0 Å². The summed E-state index contributed by atoms with van der Waals surface area (Å²) in [6, 6.07) is 1.56. The van der Waals surface area contributed by atoms with Gasteiger partial charge in [0.25, 0.3) is 0 Å². The smallest absolute Gasteiger partial charge is 0.247 e. The van der Waals surface area contributed by atoms with E-state index in [0.717, 1.165) is 19.4 Å². The number of nitrogens with one attached hydrogen (secondary N) is 1. The number of sulfonamides is 1. The lowest BCUT2D eigenvalue weighted by atomic mass is 10.0. The van der Waals surface area contributed by atoms with Gasteiger partial charge in [0.1, 0.15) is 10.7 Å². The van der Waals surface area contributed by atoms with E-state index >= 15 is 0 Å². The molecule has 0 bridgehead atoms. The van der Waals surface area contributed by atoms with Crippen molar-refractivity contribution in [3.8, 4) is 0 Å². The molecule has 0 aliphatic carbocycles. The SMILES string of the molecule is CNCc1cc(S(=O)(=O)N(C)CC2CCCOC2)c(Br)o1. The third kappa shape index (κ3) is 4.07. The van der Waals surface area contributed by atoms with Crippen LogP contribution in [0, 0.1) is 5.92 Å². The highest BCUT2D eigenvalue weighted by Crippen LogP contribution is 2.29. The Morgan fingerprint density at radius 3 is 2.90 bits per heavy atom. The van der Waals surface area contributed by atoms with Crippen molar-refractivity contribution in [2.24, 2.45) is 5.92 Å². The average molecular weight is 381 g/mol. The fourth-order valence-corrected chi connectivity index (χ4v) is 4.62. The standard InChI is InChI=1S/C13H21BrN2O4S/c1-15-7-11-6-12(13(14)20-11)21(17,18)16(2)8-10-4-3-5-19-9-10/h6,10,15H,3-5,7-9H2,1-2H3. The number of furan rings is 1. The van der Waals surface area contributed by atoms with Gasteiger partial charge in [0.2, 0.25) is 10.0 Å². The number of hydrogen-bond donors (Lipinski definition) is 1. The van der Waals surface area contributed by atoms with E-state index in [2.05, 4.69) is 21.2 Å². The molecule has 0 aromatic carbocycles. The van der Waals surface area contributed by atoms with Crippen molar-refractivity contribution in [2.75, 3.05) is 33.9 Å². The number of hydrogen-bond acceptors (Lipinski definition) is 5. The molecule has 2 rings (SSSR count). The fraction of sp³-hybridized carbons (Fsp3) is 0.692. The summed E-state index contributed by atoms with van der Waals surface area (Å²) in [6.45, 7) is 2.33. The fourth-order valence-electron chi connectivity index (χ4n) is 2.42. The first kappa shape index (κ1) is 17.0. The van der Waals surface area contributed by atoms with Crippen LogP contribution in [0.15, 0.2) is 20.0 Å². The van der Waals surface area contributed by atoms with Gasteiger partial charge in [0.05, 0.1) is 13.2 Å². The molecular weight excluding hydrogens is 360 g/mol. The normalized spacial score (nSPS) is 20.1. The molecule has 2 heterocycles. The Morgan fingerprint density at radius 1 is 1.52 bits per heavy atom. The van der Waals surface area contributed by atoms with Crippen LogP contribution in [0.4, 0.5) is 0 Å². The minimum atomic E-state index is -3.56. The largest absolute Gasteiger partial charge is 0.452 e. The lowest BCUT2D eigenvalue weighted by molar-refractivity contribution is 0.0495. The average Bonchev–Trinajstić information content (AvgIpc) is 2.82. The third-order valence-corrected chi connectivity index (χ3v) is 6.20. The van der Waals surface area contributed by atoms with Crippen LogP contribution in [0.1, 0.15) is 18.6 Å². The Bertz CT molecular complexity index is 567. The predicted octanol–water partition coefficient (Wildman–Crippen LogP) is 1.81. The summed E-state index contributed by atoms with van der Waals surface area (Å²) in [4.78, 5) is 0.173. The highest BCUT2D eigenvalue weighted by Gasteiger charge is 2.29. The molecule has 21 heavy (non-hydrogen) atoms. The van der Waals surface area contributed by atoms with Gasteiger partial charge in [-0.05, 0) is 41.7 Å². The van der Waals surface area contributed by atoms with E-state index in [1.807, 2.05) is 0 Å². The van der Waals surface area contributed by atoms with E-state index < -0.39 is 10.0 Å². The second-order valence-corrected chi connectivity index (χ2v) is 7.98. The first-order valence-corrected chi connectivity index (χ1v) is 9.15. The molecule has 1 unspecified atom stereocenters. The summed E-state index contributed by atoms with van der Waals surface area (Å²) in [5, 5.41) is 2.93. The van der Waals surface area contributed by atoms with Crippen LogP contribution in [0.3, 0.4) is 0 Å². The van der Waals surface area contributed by atoms with Crippen molar-refractivity contribution < 1.29 is 17.6 Å². The summed E-state index contributed by atoms with van der Waals surface area (Å²) in [5.74, 6) is 0.832. The maximum Gasteiger partial charge on any atom is 0.247 e. The molecule has 120 valence electrons. The summed E-state index contributed by atoms with van der Waals surface area (Å²) >= 11 is 3.19. The van der Waals surface area contributed by atoms with Gasteiger partial charge >= 0.3 is 0 Å². The van der Waals surface area contributed by atoms with Crippen LogP contribution in [0.25, 0.3) is 0 Å². The third-order valence-electron chi connectivity index (χ3n) is 3.52. The highest BCUT2D eigenvalue weighted by atomic mass is 79.9. The van der Waals surface area contributed by atoms with E-state index in [1.54, 1.807) is 20.2 Å². The molecule has 1 aliphatic rings. The van der Waals surface area contributed by atoms with E-state index in [-0.39, 0.29) is 15.5 Å². The van der Waals surface area contributed by atoms with E-state index in [4.69, 9.17) is 9.15 Å². The van der Waals surface area contributed by atoms with Crippen LogP contribution in [0.5, 0.6) is 0 Å². The molecule has 1 aliphatic heterocycles. The van der Waals surface area contributed by atoms with Crippen LogP contribution in [0.2, 0.25) is 0 Å². The molecule has 0 radical (unpaired) electrons. The molecular formula is C13H21BrN2O4S. The molecule has 1 aromatic heterocycles. The maximum atomic E-state index is 12.6. The maximum absolute atomic E-state index is 12.6. The minimum absolute atomic E-state index is 0.173. The Balaban J connectivity index is 2.12. The van der Waals surface area contributed by atoms with Crippen molar-refractivity contribution in [3.05, 3.63) is 16.5 Å². The molecule has 1 fully saturated rings. The topological polar surface area (TPSA) is 71.8 Å². The summed E-state index contributed by atoms with van der Waals surface area (Å²) in [7, 11) is -0.181. The lowest BCUT2D eigenvalue weighted by Gasteiger charge is -2.26. The first-order valence-electron chi connectivity index (χ1n) is 6.92. The van der Waals surface area contributed by atoms with Crippen LogP contribution in [-0.2, 0) is 21.3 Å². The minimum Gasteiger partial charge on any atom is -0.452 e. The number of nitrogens with zero attached hydrogens (tertiary/aromatic N) is 1. The predicted molar refractivity (Wildman–Crippen MR) is 82.5 cm³/mol. The van der Waals surface area contributed by atoms with E-state index in [0.29, 0.717) is 25.5 Å². The summed E-state index contributed by atoms with van der Waals surface area (Å²) in [5.41, 5.74) is 0. The number of ether oxygens (including phenoxy) is 1. The van der Waals surface area contributed by atoms with Crippen molar-refractivity contribution in [1.82, 2.24) is 9.62 Å². The lowest BCUT2D eigenvalue weighted by Crippen LogP contribution is -2.35. The Morgan fingerprint density at radius 2 is 2.29 bits per heavy atom. The van der Waals surface area contributed by atoms with Crippen molar-refractivity contribution >= 4 is 26.0 Å². The molecule has 0 spiro atoms. The van der Waals surface area contributed by atoms with E-state index in [9.17, 15) is 8.42 Å². The molecule has 6 nitrogen and oxygen atoms in total. The first-order chi connectivity index (χ1) is 9.95. The Kier molecular flexibility index (Phi) is 5.84. The highest BCUT2D eigenvalue weighted by molar-refractivity contribution is 9.10. The van der Waals surface area contributed by atoms with Crippen molar-refractivity contribution in [1.29, 1.82) is 0 Å². The molecule has 0 saturated carbocycles. The quantitative estimate of drug-likeness (QED) is 0.814. The van der Waals surface area contributed by atoms with Gasteiger partial charge in [-0.25, -0.2) is 12.7 Å². The summed E-state index contributed by atoms with van der Waals surface area (Å²) in [6.07, 6.45) is 1.98. The van der Waals surface area contributed by atoms with Gasteiger partial charge in [0, 0.05) is 26.3 Å².